The van der Waals surface area contributed by atoms with Gasteiger partial charge in [0.25, 0.3) is 0 Å². The van der Waals surface area contributed by atoms with Crippen molar-refractivity contribution >= 4 is 21.8 Å². The summed E-state index contributed by atoms with van der Waals surface area (Å²) >= 11 is 0. The smallest absolute Gasteiger partial charge is 0.0491 e. The van der Waals surface area contributed by atoms with Crippen LogP contribution in [-0.4, -0.2) is 16.3 Å². The number of nitrogens with zero attached hydrogens (tertiary/aromatic N) is 1. The fraction of sp³-hybridized carbons (Fsp3) is 0.333. The molecule has 1 aliphatic rings. The molecule has 102 valence electrons. The van der Waals surface area contributed by atoms with Gasteiger partial charge >= 0.3 is 0 Å². The Bertz CT molecular complexity index is 768. The van der Waals surface area contributed by atoms with Crippen LogP contribution in [0.15, 0.2) is 42.5 Å². The average Bonchev–Trinajstić information content (AvgIpc) is 3.24. The first-order valence-corrected chi connectivity index (χ1v) is 7.47. The molecule has 1 aromatic heterocycles. The SMILES string of the molecule is OCCc1ccc2c(c1)c1ccccc1n2CC1CC1. The van der Waals surface area contributed by atoms with Crippen molar-refractivity contribution in [1.82, 2.24) is 4.57 Å². The molecule has 1 saturated carbocycles. The third-order valence-electron chi connectivity index (χ3n) is 4.37. The Morgan fingerprint density at radius 2 is 1.80 bits per heavy atom. The maximum Gasteiger partial charge on any atom is 0.0491 e. The fourth-order valence-corrected chi connectivity index (χ4v) is 3.14. The molecule has 1 N–H and O–H groups in total. The normalized spacial score (nSPS) is 15.2. The van der Waals surface area contributed by atoms with E-state index in [1.807, 2.05) is 0 Å². The summed E-state index contributed by atoms with van der Waals surface area (Å²) in [6.07, 6.45) is 3.48. The van der Waals surface area contributed by atoms with Crippen molar-refractivity contribution in [3.63, 3.8) is 0 Å². The van der Waals surface area contributed by atoms with E-state index in [0.717, 1.165) is 18.9 Å². The van der Waals surface area contributed by atoms with Gasteiger partial charge in [0.05, 0.1) is 0 Å². The highest BCUT2D eigenvalue weighted by molar-refractivity contribution is 6.08. The van der Waals surface area contributed by atoms with Crippen LogP contribution in [-0.2, 0) is 13.0 Å². The van der Waals surface area contributed by atoms with Crippen LogP contribution >= 0.6 is 0 Å². The summed E-state index contributed by atoms with van der Waals surface area (Å²) in [7, 11) is 0. The Kier molecular flexibility index (Phi) is 2.78. The summed E-state index contributed by atoms with van der Waals surface area (Å²) in [5.74, 6) is 0.867. The predicted molar refractivity (Wildman–Crippen MR) is 83.0 cm³/mol. The van der Waals surface area contributed by atoms with E-state index in [4.69, 9.17) is 5.11 Å². The molecule has 0 bridgehead atoms. The first-order chi connectivity index (χ1) is 9.86. The van der Waals surface area contributed by atoms with Gasteiger partial charge < -0.3 is 9.67 Å². The zero-order chi connectivity index (χ0) is 13.5. The number of para-hydroxylation sites is 1. The van der Waals surface area contributed by atoms with Crippen LogP contribution in [0.2, 0.25) is 0 Å². The van der Waals surface area contributed by atoms with Gasteiger partial charge in [-0.15, -0.1) is 0 Å². The minimum atomic E-state index is 0.215. The highest BCUT2D eigenvalue weighted by atomic mass is 16.2. The molecule has 0 amide bonds. The monoisotopic (exact) mass is 265 g/mol. The summed E-state index contributed by atoms with van der Waals surface area (Å²) in [4.78, 5) is 0. The molecular formula is C18H19NO. The molecule has 3 aromatic rings. The Labute approximate surface area is 118 Å². The van der Waals surface area contributed by atoms with E-state index in [-0.39, 0.29) is 6.61 Å². The van der Waals surface area contributed by atoms with Crippen LogP contribution in [0.25, 0.3) is 21.8 Å². The molecule has 1 heterocycles. The molecule has 0 spiro atoms. The predicted octanol–water partition coefficient (Wildman–Crippen LogP) is 3.74. The minimum Gasteiger partial charge on any atom is -0.396 e. The van der Waals surface area contributed by atoms with Crippen LogP contribution in [0, 0.1) is 5.92 Å². The highest BCUT2D eigenvalue weighted by Crippen LogP contribution is 2.36. The van der Waals surface area contributed by atoms with E-state index in [2.05, 4.69) is 47.0 Å². The van der Waals surface area contributed by atoms with Gasteiger partial charge in [0.2, 0.25) is 0 Å². The third kappa shape index (κ3) is 1.92. The van der Waals surface area contributed by atoms with Crippen LogP contribution in [0.5, 0.6) is 0 Å². The average molecular weight is 265 g/mol. The zero-order valence-electron chi connectivity index (χ0n) is 11.5. The summed E-state index contributed by atoms with van der Waals surface area (Å²) in [5, 5.41) is 11.8. The lowest BCUT2D eigenvalue weighted by Gasteiger charge is -2.06. The van der Waals surface area contributed by atoms with E-state index >= 15 is 0 Å². The van der Waals surface area contributed by atoms with Gasteiger partial charge in [-0.3, -0.25) is 0 Å². The van der Waals surface area contributed by atoms with Crippen molar-refractivity contribution in [3.8, 4) is 0 Å². The van der Waals surface area contributed by atoms with Crippen LogP contribution in [0.1, 0.15) is 18.4 Å². The van der Waals surface area contributed by atoms with Crippen LogP contribution in [0.3, 0.4) is 0 Å². The topological polar surface area (TPSA) is 25.2 Å². The molecule has 0 radical (unpaired) electrons. The first-order valence-electron chi connectivity index (χ1n) is 7.47. The minimum absolute atomic E-state index is 0.215. The van der Waals surface area contributed by atoms with E-state index in [9.17, 15) is 0 Å². The Morgan fingerprint density at radius 1 is 1.00 bits per heavy atom. The number of aliphatic hydroxyl groups is 1. The van der Waals surface area contributed by atoms with Crippen LogP contribution in [0.4, 0.5) is 0 Å². The molecule has 4 rings (SSSR count). The molecule has 0 aliphatic heterocycles. The largest absolute Gasteiger partial charge is 0.396 e. The van der Waals surface area contributed by atoms with Gasteiger partial charge in [-0.25, -0.2) is 0 Å². The number of hydrogen-bond acceptors (Lipinski definition) is 1. The number of fused-ring (bicyclic) bond motifs is 3. The number of aromatic nitrogens is 1. The lowest BCUT2D eigenvalue weighted by Crippen LogP contribution is -1.99. The quantitative estimate of drug-likeness (QED) is 0.764. The van der Waals surface area contributed by atoms with Crippen molar-refractivity contribution in [2.45, 2.75) is 25.8 Å². The third-order valence-corrected chi connectivity index (χ3v) is 4.37. The van der Waals surface area contributed by atoms with E-state index < -0.39 is 0 Å². The van der Waals surface area contributed by atoms with Crippen molar-refractivity contribution in [1.29, 1.82) is 0 Å². The Balaban J connectivity index is 1.97. The summed E-state index contributed by atoms with van der Waals surface area (Å²) in [6.45, 7) is 1.36. The second-order valence-corrected chi connectivity index (χ2v) is 5.90. The van der Waals surface area contributed by atoms with Gasteiger partial charge in [-0.05, 0) is 48.9 Å². The number of rotatable bonds is 4. The number of hydrogen-bond donors (Lipinski definition) is 1. The summed E-state index contributed by atoms with van der Waals surface area (Å²) in [5.41, 5.74) is 3.89. The highest BCUT2D eigenvalue weighted by Gasteiger charge is 2.23. The standard InChI is InChI=1S/C18H19NO/c20-10-9-13-7-8-18-16(11-13)15-3-1-2-4-17(15)19(18)12-14-5-6-14/h1-4,7-8,11,14,20H,5-6,9-10,12H2. The molecule has 0 unspecified atom stereocenters. The van der Waals surface area contributed by atoms with Crippen molar-refractivity contribution in [2.24, 2.45) is 5.92 Å². The number of benzene rings is 2. The van der Waals surface area contributed by atoms with Gasteiger partial charge in [0, 0.05) is 35.0 Å². The zero-order valence-corrected chi connectivity index (χ0v) is 11.5. The summed E-state index contributed by atoms with van der Waals surface area (Å²) in [6, 6.07) is 15.3. The molecule has 20 heavy (non-hydrogen) atoms. The Morgan fingerprint density at radius 3 is 2.60 bits per heavy atom. The molecule has 2 nitrogen and oxygen atoms in total. The van der Waals surface area contributed by atoms with Gasteiger partial charge in [0.1, 0.15) is 0 Å². The molecular weight excluding hydrogens is 246 g/mol. The Hall–Kier alpha value is -1.80. The van der Waals surface area contributed by atoms with E-state index in [1.54, 1.807) is 0 Å². The maximum atomic E-state index is 9.13. The molecule has 1 fully saturated rings. The maximum absolute atomic E-state index is 9.13. The van der Waals surface area contributed by atoms with Crippen molar-refractivity contribution in [3.05, 3.63) is 48.0 Å². The van der Waals surface area contributed by atoms with E-state index in [1.165, 1.54) is 40.2 Å². The van der Waals surface area contributed by atoms with Crippen molar-refractivity contribution < 1.29 is 5.11 Å². The molecule has 0 atom stereocenters. The molecule has 2 heteroatoms. The molecule has 2 aromatic carbocycles. The fourth-order valence-electron chi connectivity index (χ4n) is 3.14. The molecule has 1 aliphatic carbocycles. The second-order valence-electron chi connectivity index (χ2n) is 5.90. The van der Waals surface area contributed by atoms with Gasteiger partial charge in [-0.1, -0.05) is 24.3 Å². The number of aliphatic hydroxyl groups excluding tert-OH is 1. The molecule has 0 saturated heterocycles. The lowest BCUT2D eigenvalue weighted by atomic mass is 10.1. The lowest BCUT2D eigenvalue weighted by molar-refractivity contribution is 0.299. The second kappa shape index (κ2) is 4.64. The van der Waals surface area contributed by atoms with Gasteiger partial charge in [0.15, 0.2) is 0 Å². The van der Waals surface area contributed by atoms with Crippen molar-refractivity contribution in [2.75, 3.05) is 6.61 Å². The van der Waals surface area contributed by atoms with E-state index in [0.29, 0.717) is 0 Å². The first kappa shape index (κ1) is 12.0. The van der Waals surface area contributed by atoms with Crippen LogP contribution < -0.4 is 0 Å². The summed E-state index contributed by atoms with van der Waals surface area (Å²) < 4.78 is 2.48. The van der Waals surface area contributed by atoms with Gasteiger partial charge in [-0.2, -0.15) is 0 Å².